The number of nitrogens with one attached hydrogen (secondary N) is 1. The van der Waals surface area contributed by atoms with Crippen molar-refractivity contribution in [2.45, 2.75) is 78.6 Å². The van der Waals surface area contributed by atoms with E-state index in [4.69, 9.17) is 9.47 Å². The molecule has 0 bridgehead atoms. The molecule has 1 fully saturated rings. The van der Waals surface area contributed by atoms with Gasteiger partial charge in [-0.2, -0.15) is 0 Å². The summed E-state index contributed by atoms with van der Waals surface area (Å²) < 4.78 is 10.6. The SMILES string of the molecule is CC(=O)N1CCC(N(NC(=O)OC(C)(C)C)C(=O)OC(C)(C)C)CC1. The zero-order valence-corrected chi connectivity index (χ0v) is 16.3. The van der Waals surface area contributed by atoms with Crippen LogP contribution < -0.4 is 5.43 Å². The highest BCUT2D eigenvalue weighted by molar-refractivity contribution is 5.75. The van der Waals surface area contributed by atoms with Crippen LogP contribution in [0.25, 0.3) is 0 Å². The van der Waals surface area contributed by atoms with Gasteiger partial charge in [-0.05, 0) is 54.4 Å². The van der Waals surface area contributed by atoms with Crippen molar-refractivity contribution in [1.82, 2.24) is 15.3 Å². The molecule has 1 N–H and O–H groups in total. The Bertz CT molecular complexity index is 499. The molecule has 0 aromatic rings. The third kappa shape index (κ3) is 7.62. The Morgan fingerprint density at radius 3 is 1.84 bits per heavy atom. The highest BCUT2D eigenvalue weighted by Crippen LogP contribution is 2.19. The molecule has 0 aliphatic carbocycles. The minimum absolute atomic E-state index is 0.00219. The van der Waals surface area contributed by atoms with Crippen molar-refractivity contribution in [3.8, 4) is 0 Å². The van der Waals surface area contributed by atoms with Gasteiger partial charge in [0, 0.05) is 20.0 Å². The van der Waals surface area contributed by atoms with Crippen LogP contribution in [0.2, 0.25) is 0 Å². The number of amides is 3. The molecule has 0 aromatic heterocycles. The number of hydrogen-bond acceptors (Lipinski definition) is 5. The van der Waals surface area contributed by atoms with Gasteiger partial charge in [0.2, 0.25) is 5.91 Å². The Hall–Kier alpha value is -1.99. The third-order valence-corrected chi connectivity index (χ3v) is 3.48. The summed E-state index contributed by atoms with van der Waals surface area (Å²) in [5.74, 6) is 0.00219. The van der Waals surface area contributed by atoms with E-state index in [1.807, 2.05) is 0 Å². The van der Waals surface area contributed by atoms with Crippen LogP contribution in [0.1, 0.15) is 61.3 Å². The Morgan fingerprint density at radius 1 is 0.960 bits per heavy atom. The Balaban J connectivity index is 2.83. The Labute approximate surface area is 149 Å². The summed E-state index contributed by atoms with van der Waals surface area (Å²) in [5, 5.41) is 1.19. The van der Waals surface area contributed by atoms with Crippen molar-refractivity contribution in [3.63, 3.8) is 0 Å². The molecule has 144 valence electrons. The van der Waals surface area contributed by atoms with Gasteiger partial charge in [-0.25, -0.2) is 20.0 Å². The first-order valence-electron chi connectivity index (χ1n) is 8.56. The fraction of sp³-hybridized carbons (Fsp3) is 0.824. The highest BCUT2D eigenvalue weighted by atomic mass is 16.6. The van der Waals surface area contributed by atoms with E-state index in [9.17, 15) is 14.4 Å². The van der Waals surface area contributed by atoms with Gasteiger partial charge in [0.25, 0.3) is 0 Å². The maximum atomic E-state index is 12.5. The van der Waals surface area contributed by atoms with Gasteiger partial charge in [-0.3, -0.25) is 4.79 Å². The minimum Gasteiger partial charge on any atom is -0.443 e. The van der Waals surface area contributed by atoms with Gasteiger partial charge in [-0.1, -0.05) is 0 Å². The van der Waals surface area contributed by atoms with Crippen molar-refractivity contribution in [3.05, 3.63) is 0 Å². The number of likely N-dealkylation sites (tertiary alicyclic amines) is 1. The van der Waals surface area contributed by atoms with Crippen molar-refractivity contribution in [2.24, 2.45) is 0 Å². The summed E-state index contributed by atoms with van der Waals surface area (Å²) in [6, 6.07) is -0.266. The number of carbonyl (C=O) groups is 3. The predicted octanol–water partition coefficient (Wildman–Crippen LogP) is 2.67. The molecule has 0 saturated carbocycles. The van der Waals surface area contributed by atoms with Crippen LogP contribution in [-0.2, 0) is 14.3 Å². The second-order valence-corrected chi connectivity index (χ2v) is 8.20. The molecule has 1 aliphatic heterocycles. The van der Waals surface area contributed by atoms with Crippen LogP contribution in [0.5, 0.6) is 0 Å². The van der Waals surface area contributed by atoms with Gasteiger partial charge in [0.05, 0.1) is 6.04 Å². The highest BCUT2D eigenvalue weighted by Gasteiger charge is 2.34. The van der Waals surface area contributed by atoms with E-state index < -0.39 is 23.4 Å². The van der Waals surface area contributed by atoms with Crippen molar-refractivity contribution in [2.75, 3.05) is 13.1 Å². The number of carbonyl (C=O) groups excluding carboxylic acids is 3. The lowest BCUT2D eigenvalue weighted by molar-refractivity contribution is -0.130. The number of piperidine rings is 1. The van der Waals surface area contributed by atoms with E-state index in [1.165, 1.54) is 11.9 Å². The standard InChI is InChI=1S/C17H31N3O5/c1-12(21)19-10-8-13(9-11-19)20(15(23)25-17(5,6)7)18-14(22)24-16(2,3)4/h13H,8-11H2,1-7H3,(H,18,22). The average molecular weight is 357 g/mol. The first kappa shape index (κ1) is 21.1. The number of hydrogen-bond donors (Lipinski definition) is 1. The summed E-state index contributed by atoms with van der Waals surface area (Å²) in [5.41, 5.74) is 1.14. The molecule has 25 heavy (non-hydrogen) atoms. The molecule has 1 aliphatic rings. The molecule has 0 spiro atoms. The lowest BCUT2D eigenvalue weighted by atomic mass is 10.0. The molecule has 1 saturated heterocycles. The van der Waals surface area contributed by atoms with E-state index in [1.54, 1.807) is 46.4 Å². The van der Waals surface area contributed by atoms with Crippen LogP contribution in [0.15, 0.2) is 0 Å². The van der Waals surface area contributed by atoms with Crippen LogP contribution in [0.3, 0.4) is 0 Å². The molecule has 8 heteroatoms. The predicted molar refractivity (Wildman–Crippen MR) is 92.7 cm³/mol. The zero-order chi connectivity index (χ0) is 19.4. The molecule has 0 atom stereocenters. The molecule has 1 heterocycles. The lowest BCUT2D eigenvalue weighted by Crippen LogP contribution is -2.57. The van der Waals surface area contributed by atoms with Crippen LogP contribution >= 0.6 is 0 Å². The van der Waals surface area contributed by atoms with Gasteiger partial charge >= 0.3 is 12.2 Å². The first-order chi connectivity index (χ1) is 11.3. The van der Waals surface area contributed by atoms with Crippen LogP contribution in [-0.4, -0.2) is 58.3 Å². The second kappa shape index (κ2) is 7.93. The molecule has 0 unspecified atom stereocenters. The molecule has 0 aromatic carbocycles. The van der Waals surface area contributed by atoms with Gasteiger partial charge in [0.15, 0.2) is 0 Å². The summed E-state index contributed by atoms with van der Waals surface area (Å²) in [6.07, 6.45) is -0.254. The lowest BCUT2D eigenvalue weighted by Gasteiger charge is -2.38. The Morgan fingerprint density at radius 2 is 1.44 bits per heavy atom. The molecule has 3 amide bonds. The summed E-state index contributed by atoms with van der Waals surface area (Å²) >= 11 is 0. The van der Waals surface area contributed by atoms with Crippen molar-refractivity contribution >= 4 is 18.1 Å². The molecular weight excluding hydrogens is 326 g/mol. The van der Waals surface area contributed by atoms with E-state index >= 15 is 0 Å². The quantitative estimate of drug-likeness (QED) is 0.729. The average Bonchev–Trinajstić information content (AvgIpc) is 2.41. The van der Waals surface area contributed by atoms with Crippen molar-refractivity contribution in [1.29, 1.82) is 0 Å². The van der Waals surface area contributed by atoms with E-state index in [2.05, 4.69) is 5.43 Å². The van der Waals surface area contributed by atoms with E-state index in [0.717, 1.165) is 0 Å². The van der Waals surface area contributed by atoms with E-state index in [-0.39, 0.29) is 11.9 Å². The maximum absolute atomic E-state index is 12.5. The number of ether oxygens (including phenoxy) is 2. The fourth-order valence-electron chi connectivity index (χ4n) is 2.44. The first-order valence-corrected chi connectivity index (χ1v) is 8.56. The van der Waals surface area contributed by atoms with Crippen molar-refractivity contribution < 1.29 is 23.9 Å². The maximum Gasteiger partial charge on any atom is 0.429 e. The number of hydrazine groups is 1. The second-order valence-electron chi connectivity index (χ2n) is 8.20. The zero-order valence-electron chi connectivity index (χ0n) is 16.3. The van der Waals surface area contributed by atoms with Gasteiger partial charge in [0.1, 0.15) is 11.2 Å². The summed E-state index contributed by atoms with van der Waals surface area (Å²) in [6.45, 7) is 13.1. The fourth-order valence-corrected chi connectivity index (χ4v) is 2.44. The van der Waals surface area contributed by atoms with Crippen LogP contribution in [0.4, 0.5) is 9.59 Å². The number of rotatable bonds is 1. The van der Waals surface area contributed by atoms with Gasteiger partial charge in [-0.15, -0.1) is 0 Å². The minimum atomic E-state index is -0.715. The number of nitrogens with zero attached hydrogens (tertiary/aromatic N) is 2. The third-order valence-electron chi connectivity index (χ3n) is 3.48. The molecular formula is C17H31N3O5. The molecule has 8 nitrogen and oxygen atoms in total. The largest absolute Gasteiger partial charge is 0.443 e. The normalized spacial score (nSPS) is 16.2. The molecule has 1 rings (SSSR count). The topological polar surface area (TPSA) is 88.2 Å². The summed E-state index contributed by atoms with van der Waals surface area (Å²) in [7, 11) is 0. The molecule has 0 radical (unpaired) electrons. The smallest absolute Gasteiger partial charge is 0.429 e. The Kier molecular flexibility index (Phi) is 6.68. The van der Waals surface area contributed by atoms with E-state index in [0.29, 0.717) is 25.9 Å². The van der Waals surface area contributed by atoms with Gasteiger partial charge < -0.3 is 14.4 Å². The monoisotopic (exact) mass is 357 g/mol. The van der Waals surface area contributed by atoms with Crippen LogP contribution in [0, 0.1) is 0 Å². The summed E-state index contributed by atoms with van der Waals surface area (Å²) in [4.78, 5) is 37.8.